The highest BCUT2D eigenvalue weighted by Crippen LogP contribution is 2.21. The van der Waals surface area contributed by atoms with Gasteiger partial charge in [-0.25, -0.2) is 8.78 Å². The fourth-order valence-corrected chi connectivity index (χ4v) is 2.24. The van der Waals surface area contributed by atoms with E-state index in [1.165, 1.54) is 30.3 Å². The van der Waals surface area contributed by atoms with Crippen molar-refractivity contribution in [2.75, 3.05) is 0 Å². The van der Waals surface area contributed by atoms with Gasteiger partial charge in [0.05, 0.1) is 5.56 Å². The van der Waals surface area contributed by atoms with E-state index in [1.807, 2.05) is 0 Å². The van der Waals surface area contributed by atoms with Crippen molar-refractivity contribution in [1.29, 1.82) is 0 Å². The molecule has 0 unspecified atom stereocenters. The minimum atomic E-state index is -0.439. The van der Waals surface area contributed by atoms with Gasteiger partial charge in [-0.05, 0) is 36.4 Å². The molecule has 25 heavy (non-hydrogen) atoms. The van der Waals surface area contributed by atoms with E-state index in [2.05, 4.69) is 20.3 Å². The van der Waals surface area contributed by atoms with Gasteiger partial charge in [0.1, 0.15) is 18.1 Å². The van der Waals surface area contributed by atoms with Crippen molar-refractivity contribution in [3.8, 4) is 22.8 Å². The van der Waals surface area contributed by atoms with E-state index in [-0.39, 0.29) is 41.3 Å². The molecule has 0 radical (unpaired) electrons. The zero-order chi connectivity index (χ0) is 17.2. The average Bonchev–Trinajstić information content (AvgIpc) is 3.26. The molecule has 0 fully saturated rings. The molecule has 4 rings (SSSR count). The third kappa shape index (κ3) is 3.14. The van der Waals surface area contributed by atoms with Gasteiger partial charge >= 0.3 is 0 Å². The summed E-state index contributed by atoms with van der Waals surface area (Å²) in [5, 5.41) is 11.6. The molecule has 2 aromatic heterocycles. The maximum atomic E-state index is 13.7. The first kappa shape index (κ1) is 15.1. The van der Waals surface area contributed by atoms with E-state index in [0.29, 0.717) is 5.56 Å². The molecule has 8 heteroatoms. The maximum absolute atomic E-state index is 13.7. The summed E-state index contributed by atoms with van der Waals surface area (Å²) in [5.74, 6) is 0.0760. The molecule has 0 atom stereocenters. The Morgan fingerprint density at radius 3 is 2.48 bits per heavy atom. The van der Waals surface area contributed by atoms with Gasteiger partial charge in [-0.1, -0.05) is 17.3 Å². The number of hydrogen-bond acceptors (Lipinski definition) is 6. The van der Waals surface area contributed by atoms with Crippen LogP contribution in [0.15, 0.2) is 57.5 Å². The molecular formula is C17H10F2N4O2. The summed E-state index contributed by atoms with van der Waals surface area (Å²) < 4.78 is 37.3. The SMILES string of the molecule is Fc1ccc(-c2nnc(Cc3nc(-c4ccccc4F)no3)o2)cc1. The molecule has 0 aliphatic carbocycles. The molecule has 0 aliphatic heterocycles. The Hall–Kier alpha value is -3.42. The average molecular weight is 340 g/mol. The Morgan fingerprint density at radius 2 is 1.68 bits per heavy atom. The zero-order valence-corrected chi connectivity index (χ0v) is 12.7. The second-order valence-corrected chi connectivity index (χ2v) is 5.18. The van der Waals surface area contributed by atoms with Crippen LogP contribution in [-0.2, 0) is 6.42 Å². The molecule has 0 spiro atoms. The number of aromatic nitrogens is 4. The quantitative estimate of drug-likeness (QED) is 0.564. The van der Waals surface area contributed by atoms with E-state index < -0.39 is 5.82 Å². The van der Waals surface area contributed by atoms with Crippen molar-refractivity contribution in [2.45, 2.75) is 6.42 Å². The van der Waals surface area contributed by atoms with Crippen molar-refractivity contribution in [3.05, 3.63) is 71.9 Å². The zero-order valence-electron chi connectivity index (χ0n) is 12.7. The first-order valence-electron chi connectivity index (χ1n) is 7.35. The minimum Gasteiger partial charge on any atom is -0.420 e. The van der Waals surface area contributed by atoms with Crippen LogP contribution in [0.1, 0.15) is 11.8 Å². The van der Waals surface area contributed by atoms with Crippen molar-refractivity contribution in [3.63, 3.8) is 0 Å². The number of rotatable bonds is 4. The van der Waals surface area contributed by atoms with Gasteiger partial charge in [0.15, 0.2) is 0 Å². The van der Waals surface area contributed by atoms with Gasteiger partial charge < -0.3 is 8.94 Å². The van der Waals surface area contributed by atoms with Crippen LogP contribution in [0.4, 0.5) is 8.78 Å². The summed E-state index contributed by atoms with van der Waals surface area (Å²) in [7, 11) is 0. The van der Waals surface area contributed by atoms with Crippen molar-refractivity contribution in [2.24, 2.45) is 0 Å². The Balaban J connectivity index is 1.54. The van der Waals surface area contributed by atoms with Crippen LogP contribution >= 0.6 is 0 Å². The van der Waals surface area contributed by atoms with Gasteiger partial charge in [0.2, 0.25) is 23.5 Å². The minimum absolute atomic E-state index is 0.107. The third-order valence-corrected chi connectivity index (χ3v) is 3.44. The summed E-state index contributed by atoms with van der Waals surface area (Å²) in [6.45, 7) is 0. The monoisotopic (exact) mass is 340 g/mol. The van der Waals surface area contributed by atoms with Gasteiger partial charge in [-0.3, -0.25) is 0 Å². The second-order valence-electron chi connectivity index (χ2n) is 5.18. The van der Waals surface area contributed by atoms with Crippen LogP contribution in [-0.4, -0.2) is 20.3 Å². The molecule has 0 amide bonds. The van der Waals surface area contributed by atoms with E-state index in [0.717, 1.165) is 0 Å². The molecule has 0 aliphatic rings. The topological polar surface area (TPSA) is 77.8 Å². The Bertz CT molecular complexity index is 1010. The highest BCUT2D eigenvalue weighted by Gasteiger charge is 2.16. The van der Waals surface area contributed by atoms with E-state index >= 15 is 0 Å². The summed E-state index contributed by atoms with van der Waals surface area (Å²) >= 11 is 0. The molecule has 124 valence electrons. The molecule has 2 aromatic carbocycles. The lowest BCUT2D eigenvalue weighted by molar-refractivity contribution is 0.373. The summed E-state index contributed by atoms with van der Waals surface area (Å²) in [6, 6.07) is 11.8. The van der Waals surface area contributed by atoms with E-state index in [4.69, 9.17) is 8.94 Å². The largest absolute Gasteiger partial charge is 0.420 e. The van der Waals surface area contributed by atoms with Crippen LogP contribution in [0.2, 0.25) is 0 Å². The molecule has 0 saturated heterocycles. The lowest BCUT2D eigenvalue weighted by atomic mass is 10.2. The highest BCUT2D eigenvalue weighted by molar-refractivity contribution is 5.55. The Kier molecular flexibility index (Phi) is 3.77. The molecular weight excluding hydrogens is 330 g/mol. The number of hydrogen-bond donors (Lipinski definition) is 0. The summed E-state index contributed by atoms with van der Waals surface area (Å²) in [6.07, 6.45) is 0.107. The number of nitrogens with zero attached hydrogens (tertiary/aromatic N) is 4. The van der Waals surface area contributed by atoms with Crippen LogP contribution in [0.3, 0.4) is 0 Å². The molecule has 0 N–H and O–H groups in total. The lowest BCUT2D eigenvalue weighted by Crippen LogP contribution is -1.90. The normalized spacial score (nSPS) is 11.0. The van der Waals surface area contributed by atoms with Crippen LogP contribution < -0.4 is 0 Å². The van der Waals surface area contributed by atoms with Gasteiger partial charge in [-0.15, -0.1) is 10.2 Å². The standard InChI is InChI=1S/C17H10F2N4O2/c18-11-7-5-10(6-8-11)17-22-21-15(24-17)9-14-20-16(23-25-14)12-3-1-2-4-13(12)19/h1-8H,9H2. The Morgan fingerprint density at radius 1 is 0.880 bits per heavy atom. The van der Waals surface area contributed by atoms with Crippen molar-refractivity contribution < 1.29 is 17.7 Å². The predicted octanol–water partition coefficient (Wildman–Crippen LogP) is 3.66. The maximum Gasteiger partial charge on any atom is 0.247 e. The van der Waals surface area contributed by atoms with E-state index in [1.54, 1.807) is 18.2 Å². The summed E-state index contributed by atoms with van der Waals surface area (Å²) in [5.41, 5.74) is 0.841. The smallest absolute Gasteiger partial charge is 0.247 e. The fourth-order valence-electron chi connectivity index (χ4n) is 2.24. The number of benzene rings is 2. The van der Waals surface area contributed by atoms with E-state index in [9.17, 15) is 8.78 Å². The summed E-state index contributed by atoms with van der Waals surface area (Å²) in [4.78, 5) is 4.14. The first-order chi connectivity index (χ1) is 12.2. The van der Waals surface area contributed by atoms with Crippen molar-refractivity contribution >= 4 is 0 Å². The molecule has 0 saturated carbocycles. The lowest BCUT2D eigenvalue weighted by Gasteiger charge is -1.94. The van der Waals surface area contributed by atoms with Gasteiger partial charge in [0.25, 0.3) is 0 Å². The predicted molar refractivity (Wildman–Crippen MR) is 82.2 cm³/mol. The van der Waals surface area contributed by atoms with Crippen LogP contribution in [0.25, 0.3) is 22.8 Å². The second kappa shape index (κ2) is 6.23. The van der Waals surface area contributed by atoms with Gasteiger partial charge in [-0.2, -0.15) is 4.98 Å². The molecule has 6 nitrogen and oxygen atoms in total. The van der Waals surface area contributed by atoms with Crippen molar-refractivity contribution in [1.82, 2.24) is 20.3 Å². The van der Waals surface area contributed by atoms with Crippen LogP contribution in [0, 0.1) is 11.6 Å². The first-order valence-corrected chi connectivity index (χ1v) is 7.35. The molecule has 2 heterocycles. The molecule has 0 bridgehead atoms. The Labute approximate surface area is 140 Å². The fraction of sp³-hybridized carbons (Fsp3) is 0.0588. The van der Waals surface area contributed by atoms with Gasteiger partial charge in [0, 0.05) is 5.56 Å². The highest BCUT2D eigenvalue weighted by atomic mass is 19.1. The third-order valence-electron chi connectivity index (χ3n) is 3.44. The molecule has 4 aromatic rings. The van der Waals surface area contributed by atoms with Crippen LogP contribution in [0.5, 0.6) is 0 Å². The number of halogens is 2.